The number of carbonyl (C=O) groups is 2. The number of primary amides is 1. The molecule has 0 spiro atoms. The molecule has 7 nitrogen and oxygen atoms in total. The zero-order valence-corrected chi connectivity index (χ0v) is 19.3. The molecule has 3 heterocycles. The lowest BCUT2D eigenvalue weighted by atomic mass is 10.1. The maximum Gasteiger partial charge on any atom is 0.256 e. The fourth-order valence-corrected chi connectivity index (χ4v) is 4.61. The van der Waals surface area contributed by atoms with Gasteiger partial charge in [0.25, 0.3) is 5.91 Å². The molecule has 30 heavy (non-hydrogen) atoms. The molecule has 1 saturated heterocycles. The van der Waals surface area contributed by atoms with Crippen LogP contribution in [-0.2, 0) is 4.79 Å². The van der Waals surface area contributed by atoms with E-state index in [4.69, 9.17) is 17.3 Å². The van der Waals surface area contributed by atoms with Crippen LogP contribution in [0.15, 0.2) is 42.7 Å². The molecule has 2 amide bonds. The van der Waals surface area contributed by atoms with E-state index in [1.54, 1.807) is 36.0 Å². The van der Waals surface area contributed by atoms with Crippen LogP contribution < -0.4 is 10.6 Å². The van der Waals surface area contributed by atoms with Crippen molar-refractivity contribution in [1.29, 1.82) is 0 Å². The number of rotatable bonds is 4. The van der Waals surface area contributed by atoms with Crippen molar-refractivity contribution in [3.8, 4) is 0 Å². The van der Waals surface area contributed by atoms with E-state index in [-0.39, 0.29) is 5.91 Å². The molecule has 3 aromatic rings. The maximum absolute atomic E-state index is 13.3. The Morgan fingerprint density at radius 2 is 1.93 bits per heavy atom. The second-order valence-corrected chi connectivity index (χ2v) is 8.88. The fraction of sp³-hybridized carbons (Fsp3) is 0.286. The second kappa shape index (κ2) is 8.43. The van der Waals surface area contributed by atoms with E-state index in [9.17, 15) is 9.59 Å². The summed E-state index contributed by atoms with van der Waals surface area (Å²) in [6, 6.07) is 8.69. The molecule has 9 heteroatoms. The minimum absolute atomic E-state index is 0.0619. The molecule has 4 rings (SSSR count). The summed E-state index contributed by atoms with van der Waals surface area (Å²) in [6.45, 7) is 4.32. The predicted molar refractivity (Wildman–Crippen MR) is 126 cm³/mol. The van der Waals surface area contributed by atoms with Crippen molar-refractivity contribution in [3.05, 3.63) is 56.9 Å². The highest BCUT2D eigenvalue weighted by atomic mass is 127. The number of anilines is 1. The smallest absolute Gasteiger partial charge is 0.256 e. The number of aromatic nitrogens is 2. The van der Waals surface area contributed by atoms with E-state index in [0.29, 0.717) is 36.8 Å². The van der Waals surface area contributed by atoms with E-state index in [1.807, 2.05) is 23.1 Å². The molecule has 1 fully saturated rings. The highest BCUT2D eigenvalue weighted by Gasteiger charge is 2.27. The standard InChI is InChI=1S/C21H21ClIN5O2/c1-13(19(24)29)28-12-16(15-5-4-14(22)11-18(15)28)21(30)27-9-7-26(8-10-27)20-17(23)3-2-6-25-20/h2-6,11-13H,7-10H2,1H3,(H2,24,29). The lowest BCUT2D eigenvalue weighted by molar-refractivity contribution is -0.120. The van der Waals surface area contributed by atoms with E-state index in [2.05, 4.69) is 32.5 Å². The average Bonchev–Trinajstić information content (AvgIpc) is 3.11. The van der Waals surface area contributed by atoms with Crippen molar-refractivity contribution in [2.24, 2.45) is 5.73 Å². The summed E-state index contributed by atoms with van der Waals surface area (Å²) in [4.78, 5) is 33.6. The maximum atomic E-state index is 13.3. The summed E-state index contributed by atoms with van der Waals surface area (Å²) >= 11 is 8.44. The summed E-state index contributed by atoms with van der Waals surface area (Å²) in [7, 11) is 0. The minimum atomic E-state index is -0.587. The number of nitrogens with two attached hydrogens (primary N) is 1. The van der Waals surface area contributed by atoms with Crippen molar-refractivity contribution in [2.45, 2.75) is 13.0 Å². The Kier molecular flexibility index (Phi) is 5.88. The van der Waals surface area contributed by atoms with Gasteiger partial charge in [0, 0.05) is 49.0 Å². The SMILES string of the molecule is CC(C(N)=O)n1cc(C(=O)N2CCN(c3ncccc3I)CC2)c2ccc(Cl)cc21. The quantitative estimate of drug-likeness (QED) is 0.518. The Morgan fingerprint density at radius 3 is 2.60 bits per heavy atom. The van der Waals surface area contributed by atoms with Gasteiger partial charge in [0.1, 0.15) is 11.9 Å². The number of pyridine rings is 1. The third-order valence-electron chi connectivity index (χ3n) is 5.46. The van der Waals surface area contributed by atoms with Crippen LogP contribution in [-0.4, -0.2) is 52.4 Å². The van der Waals surface area contributed by atoms with Crippen LogP contribution in [0.5, 0.6) is 0 Å². The van der Waals surface area contributed by atoms with Gasteiger partial charge in [-0.15, -0.1) is 0 Å². The molecule has 1 unspecified atom stereocenters. The van der Waals surface area contributed by atoms with Gasteiger partial charge in [0.05, 0.1) is 14.7 Å². The van der Waals surface area contributed by atoms with Crippen molar-refractivity contribution in [1.82, 2.24) is 14.5 Å². The molecule has 1 aliphatic rings. The first-order chi connectivity index (χ1) is 14.4. The summed E-state index contributed by atoms with van der Waals surface area (Å²) in [5, 5.41) is 1.30. The number of fused-ring (bicyclic) bond motifs is 1. The van der Waals surface area contributed by atoms with Crippen molar-refractivity contribution in [2.75, 3.05) is 31.1 Å². The Balaban J connectivity index is 1.60. The Hall–Kier alpha value is -2.33. The number of hydrogen-bond acceptors (Lipinski definition) is 4. The van der Waals surface area contributed by atoms with Crippen LogP contribution in [0, 0.1) is 3.57 Å². The highest BCUT2D eigenvalue weighted by molar-refractivity contribution is 14.1. The van der Waals surface area contributed by atoms with Crippen LogP contribution >= 0.6 is 34.2 Å². The van der Waals surface area contributed by atoms with Gasteiger partial charge in [-0.3, -0.25) is 9.59 Å². The van der Waals surface area contributed by atoms with Crippen LogP contribution in [0.25, 0.3) is 10.9 Å². The van der Waals surface area contributed by atoms with Crippen molar-refractivity contribution < 1.29 is 9.59 Å². The van der Waals surface area contributed by atoms with Gasteiger partial charge in [-0.25, -0.2) is 4.98 Å². The number of carbonyl (C=O) groups excluding carboxylic acids is 2. The summed E-state index contributed by atoms with van der Waals surface area (Å²) < 4.78 is 2.82. The molecule has 1 atom stereocenters. The Labute approximate surface area is 192 Å². The number of halogens is 2. The molecule has 2 aromatic heterocycles. The van der Waals surface area contributed by atoms with Gasteiger partial charge in [-0.1, -0.05) is 17.7 Å². The monoisotopic (exact) mass is 537 g/mol. The average molecular weight is 538 g/mol. The molecular weight excluding hydrogens is 517 g/mol. The van der Waals surface area contributed by atoms with Gasteiger partial charge >= 0.3 is 0 Å². The number of piperazine rings is 1. The zero-order chi connectivity index (χ0) is 21.4. The lowest BCUT2D eigenvalue weighted by Gasteiger charge is -2.35. The van der Waals surface area contributed by atoms with Crippen LogP contribution in [0.4, 0.5) is 5.82 Å². The van der Waals surface area contributed by atoms with E-state index >= 15 is 0 Å². The first-order valence-corrected chi connectivity index (χ1v) is 11.1. The van der Waals surface area contributed by atoms with E-state index in [1.165, 1.54) is 0 Å². The fourth-order valence-electron chi connectivity index (χ4n) is 3.75. The molecular formula is C21H21ClIN5O2. The Morgan fingerprint density at radius 1 is 1.20 bits per heavy atom. The summed E-state index contributed by atoms with van der Waals surface area (Å²) in [5.74, 6) is 0.421. The topological polar surface area (TPSA) is 84.5 Å². The molecule has 2 N–H and O–H groups in total. The Bertz CT molecular complexity index is 1120. The normalized spacial score (nSPS) is 15.4. The predicted octanol–water partition coefficient (Wildman–Crippen LogP) is 3.30. The number of amides is 2. The molecule has 0 radical (unpaired) electrons. The van der Waals surface area contributed by atoms with Gasteiger partial charge in [0.15, 0.2) is 0 Å². The molecule has 1 aromatic carbocycles. The van der Waals surface area contributed by atoms with Crippen LogP contribution in [0.3, 0.4) is 0 Å². The van der Waals surface area contributed by atoms with Gasteiger partial charge in [-0.2, -0.15) is 0 Å². The lowest BCUT2D eigenvalue weighted by Crippen LogP contribution is -2.49. The third-order valence-corrected chi connectivity index (χ3v) is 6.54. The number of hydrogen-bond donors (Lipinski definition) is 1. The molecule has 0 saturated carbocycles. The van der Waals surface area contributed by atoms with Crippen molar-refractivity contribution >= 4 is 62.7 Å². The summed E-state index contributed by atoms with van der Waals surface area (Å²) in [5.41, 5.74) is 6.78. The van der Waals surface area contributed by atoms with E-state index < -0.39 is 11.9 Å². The zero-order valence-electron chi connectivity index (χ0n) is 16.4. The largest absolute Gasteiger partial charge is 0.368 e. The molecule has 0 aliphatic carbocycles. The van der Waals surface area contributed by atoms with Crippen LogP contribution in [0.1, 0.15) is 23.3 Å². The first-order valence-electron chi connectivity index (χ1n) is 9.61. The third kappa shape index (κ3) is 3.85. The highest BCUT2D eigenvalue weighted by Crippen LogP contribution is 2.29. The van der Waals surface area contributed by atoms with Crippen molar-refractivity contribution in [3.63, 3.8) is 0 Å². The first kappa shape index (κ1) is 20.9. The molecule has 1 aliphatic heterocycles. The number of nitrogens with zero attached hydrogens (tertiary/aromatic N) is 4. The van der Waals surface area contributed by atoms with Crippen LogP contribution in [0.2, 0.25) is 5.02 Å². The summed E-state index contributed by atoms with van der Waals surface area (Å²) in [6.07, 6.45) is 3.50. The minimum Gasteiger partial charge on any atom is -0.368 e. The second-order valence-electron chi connectivity index (χ2n) is 7.28. The molecule has 156 valence electrons. The van der Waals surface area contributed by atoms with Gasteiger partial charge in [0.2, 0.25) is 5.91 Å². The van der Waals surface area contributed by atoms with Gasteiger partial charge in [-0.05, 0) is 53.8 Å². The van der Waals surface area contributed by atoms with E-state index in [0.717, 1.165) is 20.3 Å². The molecule has 0 bridgehead atoms. The number of benzene rings is 1. The van der Waals surface area contributed by atoms with Gasteiger partial charge < -0.3 is 20.1 Å².